The number of nitrogens with zero attached hydrogens (tertiary/aromatic N) is 4. The Hall–Kier alpha value is -3.55. The molecule has 0 amide bonds. The van der Waals surface area contributed by atoms with Crippen LogP contribution in [0.3, 0.4) is 0 Å². The number of ether oxygens (including phenoxy) is 1. The Morgan fingerprint density at radius 2 is 1.59 bits per heavy atom. The van der Waals surface area contributed by atoms with Crippen molar-refractivity contribution in [1.82, 2.24) is 14.9 Å². The molecule has 1 fully saturated rings. The molecule has 1 aliphatic heterocycles. The summed E-state index contributed by atoms with van der Waals surface area (Å²) in [6, 6.07) is 21.9. The van der Waals surface area contributed by atoms with Crippen molar-refractivity contribution in [2.75, 3.05) is 55.9 Å². The Morgan fingerprint density at radius 3 is 2.35 bits per heavy atom. The quantitative estimate of drug-likeness (QED) is 0.381. The predicted molar refractivity (Wildman–Crippen MR) is 140 cm³/mol. The highest BCUT2D eigenvalue weighted by Gasteiger charge is 2.14. The summed E-state index contributed by atoms with van der Waals surface area (Å²) < 4.78 is 5.35. The van der Waals surface area contributed by atoms with Crippen LogP contribution in [0.5, 0.6) is 5.75 Å². The van der Waals surface area contributed by atoms with E-state index in [1.165, 1.54) is 5.69 Å². The van der Waals surface area contributed by atoms with Gasteiger partial charge in [0.2, 0.25) is 5.95 Å². The summed E-state index contributed by atoms with van der Waals surface area (Å²) in [6.07, 6.45) is 0. The lowest BCUT2D eigenvalue weighted by atomic mass is 10.2. The molecular formula is C26H27ClN6O. The summed E-state index contributed by atoms with van der Waals surface area (Å²) in [4.78, 5) is 14.3. The molecule has 0 bridgehead atoms. The van der Waals surface area contributed by atoms with E-state index in [0.29, 0.717) is 22.5 Å². The molecule has 0 atom stereocenters. The van der Waals surface area contributed by atoms with Crippen LogP contribution in [0.1, 0.15) is 0 Å². The Kier molecular flexibility index (Phi) is 6.38. The number of piperazine rings is 1. The number of fused-ring (bicyclic) bond motifs is 1. The molecule has 4 aromatic rings. The van der Waals surface area contributed by atoms with E-state index in [9.17, 15) is 0 Å². The van der Waals surface area contributed by atoms with Gasteiger partial charge in [0, 0.05) is 54.7 Å². The monoisotopic (exact) mass is 474 g/mol. The van der Waals surface area contributed by atoms with Crippen LogP contribution in [0.25, 0.3) is 10.9 Å². The molecule has 0 radical (unpaired) electrons. The largest absolute Gasteiger partial charge is 0.495 e. The molecule has 0 spiro atoms. The lowest BCUT2D eigenvalue weighted by Gasteiger charge is -2.34. The van der Waals surface area contributed by atoms with Gasteiger partial charge in [-0.05, 0) is 55.6 Å². The van der Waals surface area contributed by atoms with E-state index in [-0.39, 0.29) is 0 Å². The zero-order valence-electron chi connectivity index (χ0n) is 19.3. The number of hydrogen-bond acceptors (Lipinski definition) is 7. The third kappa shape index (κ3) is 4.85. The first-order valence-corrected chi connectivity index (χ1v) is 11.6. The van der Waals surface area contributed by atoms with Crippen LogP contribution in [-0.4, -0.2) is 55.2 Å². The van der Waals surface area contributed by atoms with Gasteiger partial charge in [0.15, 0.2) is 0 Å². The maximum absolute atomic E-state index is 6.18. The van der Waals surface area contributed by atoms with Crippen molar-refractivity contribution in [2.24, 2.45) is 0 Å². The molecule has 5 rings (SSSR count). The number of nitrogens with one attached hydrogen (secondary N) is 2. The first-order valence-electron chi connectivity index (χ1n) is 11.3. The van der Waals surface area contributed by atoms with E-state index in [4.69, 9.17) is 26.3 Å². The summed E-state index contributed by atoms with van der Waals surface area (Å²) in [6.45, 7) is 4.25. The van der Waals surface area contributed by atoms with Crippen molar-refractivity contribution < 1.29 is 4.74 Å². The molecule has 34 heavy (non-hydrogen) atoms. The molecule has 8 heteroatoms. The molecule has 0 aliphatic carbocycles. The number of methoxy groups -OCH3 is 1. The van der Waals surface area contributed by atoms with Crippen molar-refractivity contribution in [2.45, 2.75) is 0 Å². The highest BCUT2D eigenvalue weighted by atomic mass is 35.5. The number of likely N-dealkylation sites (N-methyl/N-ethyl adjacent to an activating group) is 1. The van der Waals surface area contributed by atoms with E-state index < -0.39 is 0 Å². The summed E-state index contributed by atoms with van der Waals surface area (Å²) in [5.41, 5.74) is 3.84. The SMILES string of the molecule is COc1cc(Nc2nc(Nc3ccc(N4CCN(C)CC4)cc3)nc3ccccc23)ccc1Cl. The maximum Gasteiger partial charge on any atom is 0.229 e. The molecule has 2 heterocycles. The topological polar surface area (TPSA) is 65.6 Å². The fourth-order valence-electron chi connectivity index (χ4n) is 4.05. The van der Waals surface area contributed by atoms with Crippen LogP contribution in [0.15, 0.2) is 66.7 Å². The number of rotatable bonds is 6. The lowest BCUT2D eigenvalue weighted by Crippen LogP contribution is -2.44. The van der Waals surface area contributed by atoms with Gasteiger partial charge in [-0.3, -0.25) is 0 Å². The average Bonchev–Trinajstić information content (AvgIpc) is 2.86. The normalized spacial score (nSPS) is 14.3. The second kappa shape index (κ2) is 9.75. The van der Waals surface area contributed by atoms with Crippen molar-refractivity contribution >= 4 is 51.3 Å². The number of para-hydroxylation sites is 1. The zero-order valence-corrected chi connectivity index (χ0v) is 20.0. The van der Waals surface area contributed by atoms with Gasteiger partial charge in [0.25, 0.3) is 0 Å². The van der Waals surface area contributed by atoms with Gasteiger partial charge in [0.1, 0.15) is 11.6 Å². The van der Waals surface area contributed by atoms with Gasteiger partial charge < -0.3 is 25.2 Å². The van der Waals surface area contributed by atoms with Crippen LogP contribution < -0.4 is 20.3 Å². The molecule has 2 N–H and O–H groups in total. The smallest absolute Gasteiger partial charge is 0.229 e. The van der Waals surface area contributed by atoms with Crippen molar-refractivity contribution in [3.63, 3.8) is 0 Å². The Labute approximate surface area is 204 Å². The number of anilines is 5. The first-order chi connectivity index (χ1) is 16.6. The van der Waals surface area contributed by atoms with Gasteiger partial charge >= 0.3 is 0 Å². The summed E-state index contributed by atoms with van der Waals surface area (Å²) in [7, 11) is 3.77. The fraction of sp³-hybridized carbons (Fsp3) is 0.231. The Bertz CT molecular complexity index is 1290. The molecule has 7 nitrogen and oxygen atoms in total. The maximum atomic E-state index is 6.18. The van der Waals surface area contributed by atoms with Crippen LogP contribution >= 0.6 is 11.6 Å². The zero-order chi connectivity index (χ0) is 23.5. The second-order valence-electron chi connectivity index (χ2n) is 8.35. The molecule has 3 aromatic carbocycles. The highest BCUT2D eigenvalue weighted by molar-refractivity contribution is 6.32. The standard InChI is InChI=1S/C26H27ClN6O/c1-32-13-15-33(16-14-32)20-10-7-18(8-11-20)29-26-30-23-6-4-3-5-21(23)25(31-26)28-19-9-12-22(27)24(17-19)34-2/h3-12,17H,13-16H2,1-2H3,(H2,28,29,30,31). The lowest BCUT2D eigenvalue weighted by molar-refractivity contribution is 0.313. The van der Waals surface area contributed by atoms with Crippen molar-refractivity contribution in [3.05, 3.63) is 71.8 Å². The van der Waals surface area contributed by atoms with Gasteiger partial charge in [-0.2, -0.15) is 4.98 Å². The minimum absolute atomic E-state index is 0.523. The van der Waals surface area contributed by atoms with E-state index in [2.05, 4.69) is 51.7 Å². The molecule has 0 unspecified atom stereocenters. The number of hydrogen-bond donors (Lipinski definition) is 2. The Morgan fingerprint density at radius 1 is 0.853 bits per heavy atom. The predicted octanol–water partition coefficient (Wildman–Crippen LogP) is 5.53. The minimum atomic E-state index is 0.523. The number of halogens is 1. The van der Waals surface area contributed by atoms with E-state index >= 15 is 0 Å². The third-order valence-electron chi connectivity index (χ3n) is 6.01. The third-order valence-corrected chi connectivity index (χ3v) is 6.32. The van der Waals surface area contributed by atoms with Crippen molar-refractivity contribution in [3.8, 4) is 5.75 Å². The van der Waals surface area contributed by atoms with Crippen molar-refractivity contribution in [1.29, 1.82) is 0 Å². The number of benzene rings is 3. The summed E-state index contributed by atoms with van der Waals surface area (Å²) >= 11 is 6.18. The fourth-order valence-corrected chi connectivity index (χ4v) is 4.25. The van der Waals surface area contributed by atoms with Crippen LogP contribution in [0.2, 0.25) is 5.02 Å². The Balaban J connectivity index is 1.40. The minimum Gasteiger partial charge on any atom is -0.495 e. The van der Waals surface area contributed by atoms with Gasteiger partial charge in [-0.25, -0.2) is 4.98 Å². The molecule has 0 saturated carbocycles. The van der Waals surface area contributed by atoms with Gasteiger partial charge in [0.05, 0.1) is 17.6 Å². The average molecular weight is 475 g/mol. The van der Waals surface area contributed by atoms with Gasteiger partial charge in [-0.1, -0.05) is 23.7 Å². The van der Waals surface area contributed by atoms with Crippen LogP contribution in [0, 0.1) is 0 Å². The van der Waals surface area contributed by atoms with Gasteiger partial charge in [-0.15, -0.1) is 0 Å². The second-order valence-corrected chi connectivity index (χ2v) is 8.76. The molecule has 1 aromatic heterocycles. The van der Waals surface area contributed by atoms with E-state index in [0.717, 1.165) is 48.5 Å². The molecule has 174 valence electrons. The first kappa shape index (κ1) is 22.3. The molecular weight excluding hydrogens is 448 g/mol. The summed E-state index contributed by atoms with van der Waals surface area (Å²) in [5, 5.41) is 8.23. The van der Waals surface area contributed by atoms with Crippen LogP contribution in [0.4, 0.5) is 28.8 Å². The molecule has 1 aliphatic rings. The summed E-state index contributed by atoms with van der Waals surface area (Å²) in [5.74, 6) is 1.82. The number of aromatic nitrogens is 2. The highest BCUT2D eigenvalue weighted by Crippen LogP contribution is 2.31. The van der Waals surface area contributed by atoms with Crippen LogP contribution in [-0.2, 0) is 0 Å². The van der Waals surface area contributed by atoms with E-state index in [1.807, 2.05) is 36.4 Å². The van der Waals surface area contributed by atoms with E-state index in [1.54, 1.807) is 13.2 Å². The molecule has 1 saturated heterocycles.